The Bertz CT molecular complexity index is 2390. The number of aromatic amines is 1. The molecule has 61 heavy (non-hydrogen) atoms. The summed E-state index contributed by atoms with van der Waals surface area (Å²) in [5, 5.41) is 7.12. The van der Waals surface area contributed by atoms with E-state index in [2.05, 4.69) is 30.4 Å². The van der Waals surface area contributed by atoms with Crippen molar-refractivity contribution in [2.24, 2.45) is 5.92 Å². The summed E-state index contributed by atoms with van der Waals surface area (Å²) >= 11 is 6.53. The van der Waals surface area contributed by atoms with Crippen molar-refractivity contribution < 1.29 is 33.5 Å². The summed E-state index contributed by atoms with van der Waals surface area (Å²) in [5.74, 6) is -1.43. The van der Waals surface area contributed by atoms with Crippen LogP contribution in [0.2, 0.25) is 5.02 Å². The van der Waals surface area contributed by atoms with Gasteiger partial charge in [0.15, 0.2) is 6.61 Å². The van der Waals surface area contributed by atoms with Crippen molar-refractivity contribution >= 4 is 63.9 Å². The third kappa shape index (κ3) is 8.41. The lowest BCUT2D eigenvalue weighted by molar-refractivity contribution is -0.136. The average molecular weight is 851 g/mol. The van der Waals surface area contributed by atoms with Crippen molar-refractivity contribution in [1.29, 1.82) is 0 Å². The number of imide groups is 2. The highest BCUT2D eigenvalue weighted by atomic mass is 35.5. The maximum absolute atomic E-state index is 13.4. The zero-order valence-corrected chi connectivity index (χ0v) is 34.4. The van der Waals surface area contributed by atoms with E-state index < -0.39 is 29.7 Å². The number of piperazine rings is 1. The molecule has 4 fully saturated rings. The molecule has 0 radical (unpaired) electrons. The summed E-state index contributed by atoms with van der Waals surface area (Å²) in [4.78, 5) is 98.8. The van der Waals surface area contributed by atoms with Crippen molar-refractivity contribution in [2.45, 2.75) is 44.2 Å². The molecule has 5 aliphatic heterocycles. The van der Waals surface area contributed by atoms with Crippen molar-refractivity contribution in [3.05, 3.63) is 71.0 Å². The number of likely N-dealkylation sites (tertiary alicyclic amines) is 2. The van der Waals surface area contributed by atoms with E-state index in [9.17, 15) is 28.8 Å². The molecule has 2 aromatic heterocycles. The largest absolute Gasteiger partial charge is 0.483 e. The van der Waals surface area contributed by atoms with Crippen LogP contribution in [-0.2, 0) is 19.2 Å². The zero-order chi connectivity index (χ0) is 42.2. The van der Waals surface area contributed by atoms with Gasteiger partial charge in [0.1, 0.15) is 11.8 Å². The first-order chi connectivity index (χ1) is 29.6. The van der Waals surface area contributed by atoms with Crippen LogP contribution in [0.3, 0.4) is 0 Å². The Balaban J connectivity index is 0.688. The van der Waals surface area contributed by atoms with Crippen molar-refractivity contribution in [3.63, 3.8) is 0 Å². The van der Waals surface area contributed by atoms with Gasteiger partial charge in [-0.2, -0.15) is 0 Å². The molecule has 3 N–H and O–H groups in total. The van der Waals surface area contributed by atoms with Crippen LogP contribution in [-0.4, -0.2) is 159 Å². The molecule has 9 rings (SSSR count). The van der Waals surface area contributed by atoms with Crippen LogP contribution in [0.15, 0.2) is 54.9 Å². The number of carbonyl (C=O) groups excluding carboxylic acids is 6. The molecule has 5 aliphatic rings. The van der Waals surface area contributed by atoms with Gasteiger partial charge in [-0.25, -0.2) is 9.97 Å². The minimum absolute atomic E-state index is 0.0183. The summed E-state index contributed by atoms with van der Waals surface area (Å²) < 4.78 is 5.84. The molecule has 0 spiro atoms. The second-order valence-electron chi connectivity index (χ2n) is 16.4. The number of aromatic nitrogens is 3. The number of para-hydroxylation sites is 1. The van der Waals surface area contributed by atoms with Gasteiger partial charge in [0, 0.05) is 80.9 Å². The monoisotopic (exact) mass is 850 g/mol. The number of benzene rings is 2. The Morgan fingerprint density at radius 3 is 2.44 bits per heavy atom. The fourth-order valence-electron chi connectivity index (χ4n) is 9.18. The summed E-state index contributed by atoms with van der Waals surface area (Å²) in [6.07, 6.45) is 6.40. The van der Waals surface area contributed by atoms with E-state index in [1.54, 1.807) is 17.2 Å². The molecule has 0 bridgehead atoms. The molecule has 7 heterocycles. The number of piperidine rings is 2. The van der Waals surface area contributed by atoms with Gasteiger partial charge in [-0.05, 0) is 62.9 Å². The first-order valence-electron chi connectivity index (χ1n) is 20.9. The smallest absolute Gasteiger partial charge is 0.266 e. The Labute approximate surface area is 356 Å². The second-order valence-corrected chi connectivity index (χ2v) is 16.8. The van der Waals surface area contributed by atoms with Gasteiger partial charge >= 0.3 is 0 Å². The van der Waals surface area contributed by atoms with Crippen LogP contribution in [0.4, 0.5) is 5.95 Å². The number of anilines is 1. The summed E-state index contributed by atoms with van der Waals surface area (Å²) in [5.41, 5.74) is 2.69. The highest BCUT2D eigenvalue weighted by Crippen LogP contribution is 2.35. The lowest BCUT2D eigenvalue weighted by atomic mass is 9.96. The lowest BCUT2D eigenvalue weighted by Gasteiger charge is -2.39. The number of ether oxygens (including phenoxy) is 1. The lowest BCUT2D eigenvalue weighted by Crippen LogP contribution is -2.54. The fourth-order valence-corrected chi connectivity index (χ4v) is 9.37. The Morgan fingerprint density at radius 2 is 1.64 bits per heavy atom. The van der Waals surface area contributed by atoms with Crippen LogP contribution >= 0.6 is 11.6 Å². The second kappa shape index (κ2) is 17.2. The normalized spacial score (nSPS) is 21.6. The molecular formula is C43H47ClN10O7. The Morgan fingerprint density at radius 1 is 0.836 bits per heavy atom. The molecule has 18 heteroatoms. The standard InChI is InChI=1S/C43H47ClN10O7/c44-31-21-46-43(49-39(31)30-20-45-32-6-2-1-4-28(30)32)47-27-12-15-53(23-27)36(56)24-50-13-10-26(11-14-50)22-51-16-18-52(19-17-51)37(57)25-61-34-7-3-5-29-38(34)42(60)54(41(29)59)33-8-9-35(55)48-40(33)58/h1-7,20-21,26-27,33,45H,8-19,22-25H2,(H,46,47,49)(H,48,55,58). The fraction of sp³-hybridized carbons (Fsp3) is 0.442. The maximum Gasteiger partial charge on any atom is 0.266 e. The van der Waals surface area contributed by atoms with Crippen LogP contribution in [0.5, 0.6) is 5.75 Å². The number of halogens is 1. The molecule has 2 atom stereocenters. The van der Waals surface area contributed by atoms with Gasteiger partial charge in [-0.3, -0.25) is 48.8 Å². The van der Waals surface area contributed by atoms with Crippen LogP contribution < -0.4 is 15.4 Å². The Kier molecular flexibility index (Phi) is 11.4. The first-order valence-corrected chi connectivity index (χ1v) is 21.3. The van der Waals surface area contributed by atoms with Crippen LogP contribution in [0.1, 0.15) is 52.8 Å². The third-order valence-electron chi connectivity index (χ3n) is 12.6. The van der Waals surface area contributed by atoms with Gasteiger partial charge in [-0.1, -0.05) is 35.9 Å². The highest BCUT2D eigenvalue weighted by molar-refractivity contribution is 6.33. The number of carbonyl (C=O) groups is 6. The number of amides is 6. The van der Waals surface area contributed by atoms with Crippen LogP contribution in [0.25, 0.3) is 22.2 Å². The summed E-state index contributed by atoms with van der Waals surface area (Å²) in [6.45, 7) is 6.58. The van der Waals surface area contributed by atoms with Gasteiger partial charge in [-0.15, -0.1) is 0 Å². The molecule has 6 amide bonds. The summed E-state index contributed by atoms with van der Waals surface area (Å²) in [7, 11) is 0. The number of hydrogen-bond donors (Lipinski definition) is 3. The molecular weight excluding hydrogens is 804 g/mol. The molecule has 4 aromatic rings. The molecule has 2 aromatic carbocycles. The molecule has 4 saturated heterocycles. The van der Waals surface area contributed by atoms with E-state index in [0.29, 0.717) is 55.3 Å². The molecule has 0 aliphatic carbocycles. The van der Waals surface area contributed by atoms with Gasteiger partial charge < -0.3 is 24.8 Å². The molecule has 2 unspecified atom stereocenters. The number of fused-ring (bicyclic) bond motifs is 2. The van der Waals surface area contributed by atoms with E-state index >= 15 is 0 Å². The first kappa shape index (κ1) is 40.5. The minimum Gasteiger partial charge on any atom is -0.483 e. The predicted octanol–water partition coefficient (Wildman–Crippen LogP) is 2.63. The van der Waals surface area contributed by atoms with Crippen molar-refractivity contribution in [3.8, 4) is 17.0 Å². The number of nitrogens with one attached hydrogen (secondary N) is 3. The topological polar surface area (TPSA) is 193 Å². The minimum atomic E-state index is -1.09. The maximum atomic E-state index is 13.4. The number of rotatable bonds is 11. The van der Waals surface area contributed by atoms with Crippen molar-refractivity contribution in [2.75, 3.05) is 77.4 Å². The zero-order valence-electron chi connectivity index (χ0n) is 33.6. The molecule has 0 saturated carbocycles. The number of hydrogen-bond acceptors (Lipinski definition) is 12. The van der Waals surface area contributed by atoms with Gasteiger partial charge in [0.05, 0.1) is 34.6 Å². The SMILES string of the molecule is O=C1CCC(N2C(=O)c3cccc(OCC(=O)N4CCN(CC5CCN(CC(=O)N6CCC(Nc7ncc(Cl)c(-c8c[nH]c9ccccc89)n7)C6)CC5)CC4)c3C2=O)C(=O)N1. The van der Waals surface area contributed by atoms with E-state index in [-0.39, 0.29) is 54.2 Å². The Hall–Kier alpha value is -5.91. The molecule has 17 nitrogen and oxygen atoms in total. The summed E-state index contributed by atoms with van der Waals surface area (Å²) in [6, 6.07) is 11.5. The average Bonchev–Trinajstić information content (AvgIpc) is 3.98. The van der Waals surface area contributed by atoms with E-state index in [1.807, 2.05) is 35.4 Å². The van der Waals surface area contributed by atoms with E-state index in [4.69, 9.17) is 21.3 Å². The third-order valence-corrected chi connectivity index (χ3v) is 12.8. The quantitative estimate of drug-likeness (QED) is 0.187. The van der Waals surface area contributed by atoms with Gasteiger partial charge in [0.2, 0.25) is 23.7 Å². The van der Waals surface area contributed by atoms with Crippen LogP contribution in [0, 0.1) is 5.92 Å². The number of nitrogens with zero attached hydrogens (tertiary/aromatic N) is 7. The van der Waals surface area contributed by atoms with E-state index in [1.165, 1.54) is 12.1 Å². The van der Waals surface area contributed by atoms with E-state index in [0.717, 1.165) is 73.4 Å². The predicted molar refractivity (Wildman–Crippen MR) is 224 cm³/mol. The van der Waals surface area contributed by atoms with Gasteiger partial charge in [0.25, 0.3) is 17.7 Å². The number of H-pyrrole nitrogens is 1. The van der Waals surface area contributed by atoms with Crippen molar-refractivity contribution in [1.82, 2.24) is 44.8 Å². The molecule has 318 valence electrons. The highest BCUT2D eigenvalue weighted by Gasteiger charge is 2.46.